The summed E-state index contributed by atoms with van der Waals surface area (Å²) in [4.78, 5) is 0. The highest BCUT2D eigenvalue weighted by Gasteiger charge is 2.71. The second-order valence-electron chi connectivity index (χ2n) is 20.8. The standard InChI is InChI=1S/C55H30/c1-2-4-22-21(3-1)28-15-29(22)55-16-19-7-10-25-23-8-5-17-13-20-14-18-6-9-24-26-11-12-27(53(28)55)38-37(26)44-42-35(24)31(18)40-33(20)39-30(17)34(23)41-43-36(25)32(19)51-49(43)48(47(45(39)41)46(40)42)50(44)52(38)54(51)55/h1-7,9-10,14,23-24,28-29,39,44,46,53H,8,11-13,15-16H2. The Morgan fingerprint density at radius 2 is 1.56 bits per heavy atom. The molecule has 0 nitrogen and oxygen atoms in total. The number of fused-ring (bicyclic) bond motifs is 9. The van der Waals surface area contributed by atoms with E-state index in [9.17, 15) is 0 Å². The first-order valence-corrected chi connectivity index (χ1v) is 21.8. The Morgan fingerprint density at radius 3 is 2.55 bits per heavy atom. The summed E-state index contributed by atoms with van der Waals surface area (Å²) < 4.78 is 0. The van der Waals surface area contributed by atoms with E-state index >= 15 is 0 Å². The average molecular weight is 691 g/mol. The maximum Gasteiger partial charge on any atom is 0.0361 e. The lowest BCUT2D eigenvalue weighted by Gasteiger charge is -2.54. The van der Waals surface area contributed by atoms with Gasteiger partial charge in [0.15, 0.2) is 0 Å². The first kappa shape index (κ1) is 24.3. The first-order chi connectivity index (χ1) is 27.3. The van der Waals surface area contributed by atoms with Crippen LogP contribution >= 0.6 is 0 Å². The summed E-state index contributed by atoms with van der Waals surface area (Å²) in [6.07, 6.45) is 15.5. The zero-order chi connectivity index (χ0) is 33.8. The Balaban J connectivity index is 1.09. The van der Waals surface area contributed by atoms with E-state index in [1.165, 1.54) is 32.1 Å². The molecule has 9 unspecified atom stereocenters. The number of rotatable bonds is 0. The van der Waals surface area contributed by atoms with Crippen LogP contribution in [0.3, 0.4) is 0 Å². The average Bonchev–Trinajstić information content (AvgIpc) is 4.06. The van der Waals surface area contributed by atoms with E-state index in [4.69, 9.17) is 0 Å². The molecule has 1 spiro atoms. The van der Waals surface area contributed by atoms with Crippen molar-refractivity contribution < 1.29 is 0 Å². The maximum absolute atomic E-state index is 2.73. The van der Waals surface area contributed by atoms with E-state index < -0.39 is 0 Å². The summed E-state index contributed by atoms with van der Waals surface area (Å²) in [6.45, 7) is 0. The molecule has 0 aromatic heterocycles. The van der Waals surface area contributed by atoms with Crippen LogP contribution in [0.15, 0.2) is 88.1 Å². The molecule has 0 aliphatic heterocycles. The highest BCUT2D eigenvalue weighted by molar-refractivity contribution is 6.29. The Kier molecular flexibility index (Phi) is 2.88. The smallest absolute Gasteiger partial charge is 0.0361 e. The van der Waals surface area contributed by atoms with E-state index in [1.54, 1.807) is 111 Å². The van der Waals surface area contributed by atoms with Crippen molar-refractivity contribution in [2.75, 3.05) is 0 Å². The van der Waals surface area contributed by atoms with Crippen molar-refractivity contribution in [2.45, 2.75) is 79.4 Å². The molecule has 1 fully saturated rings. The van der Waals surface area contributed by atoms with Crippen molar-refractivity contribution in [3.8, 4) is 22.3 Å². The molecule has 1 saturated carbocycles. The van der Waals surface area contributed by atoms with Gasteiger partial charge in [0.2, 0.25) is 0 Å². The van der Waals surface area contributed by atoms with Crippen molar-refractivity contribution >= 4 is 33.6 Å². The molecule has 16 aliphatic carbocycles. The fourth-order valence-electron chi connectivity index (χ4n) is 19.6. The molecule has 2 bridgehead atoms. The molecule has 0 radical (unpaired) electrons. The lowest BCUT2D eigenvalue weighted by atomic mass is 9.48. The monoisotopic (exact) mass is 690 g/mol. The van der Waals surface area contributed by atoms with Gasteiger partial charge in [-0.05, 0) is 212 Å². The van der Waals surface area contributed by atoms with E-state index in [-0.39, 0.29) is 5.41 Å². The molecular formula is C55H30. The van der Waals surface area contributed by atoms with Gasteiger partial charge in [0.05, 0.1) is 0 Å². The number of hydrogen-bond acceptors (Lipinski definition) is 0. The molecule has 5 aromatic rings. The van der Waals surface area contributed by atoms with Gasteiger partial charge in [-0.1, -0.05) is 71.8 Å². The van der Waals surface area contributed by atoms with Gasteiger partial charge in [-0.15, -0.1) is 0 Å². The molecule has 0 amide bonds. The Morgan fingerprint density at radius 1 is 0.636 bits per heavy atom. The van der Waals surface area contributed by atoms with Crippen molar-refractivity contribution in [2.24, 2.45) is 11.8 Å². The van der Waals surface area contributed by atoms with Crippen LogP contribution in [0.25, 0.3) is 55.8 Å². The molecule has 21 rings (SSSR count). The van der Waals surface area contributed by atoms with Gasteiger partial charge in [-0.2, -0.15) is 0 Å². The van der Waals surface area contributed by atoms with Crippen molar-refractivity contribution in [3.63, 3.8) is 0 Å². The van der Waals surface area contributed by atoms with Crippen molar-refractivity contribution in [3.05, 3.63) is 172 Å². The molecule has 0 heteroatoms. The first-order valence-electron chi connectivity index (χ1n) is 21.8. The summed E-state index contributed by atoms with van der Waals surface area (Å²) in [5, 5.41) is 3.54. The molecule has 5 aromatic carbocycles. The summed E-state index contributed by atoms with van der Waals surface area (Å²) in [7, 11) is 0. The minimum absolute atomic E-state index is 0.170. The second kappa shape index (κ2) is 6.52. The lowest BCUT2D eigenvalue weighted by molar-refractivity contribution is 0.279. The maximum atomic E-state index is 2.73. The normalized spacial score (nSPS) is 36.5. The van der Waals surface area contributed by atoms with Crippen LogP contribution in [0.2, 0.25) is 0 Å². The summed E-state index contributed by atoms with van der Waals surface area (Å²) in [6, 6.07) is 17.9. The van der Waals surface area contributed by atoms with Crippen LogP contribution in [-0.4, -0.2) is 0 Å². The van der Waals surface area contributed by atoms with Crippen LogP contribution in [0.5, 0.6) is 0 Å². The van der Waals surface area contributed by atoms with Crippen molar-refractivity contribution in [1.82, 2.24) is 0 Å². The second-order valence-corrected chi connectivity index (χ2v) is 20.8. The van der Waals surface area contributed by atoms with Crippen LogP contribution < -0.4 is 0 Å². The van der Waals surface area contributed by atoms with Gasteiger partial charge in [0, 0.05) is 35.0 Å². The highest BCUT2D eigenvalue weighted by Crippen LogP contribution is 2.85. The third-order valence-electron chi connectivity index (χ3n) is 20.2. The molecule has 250 valence electrons. The Bertz CT molecular complexity index is 3520. The predicted molar refractivity (Wildman–Crippen MR) is 215 cm³/mol. The van der Waals surface area contributed by atoms with Crippen molar-refractivity contribution in [1.29, 1.82) is 0 Å². The quantitative estimate of drug-likeness (QED) is 0.149. The largest absolute Gasteiger partial charge is 0.0797 e. The zero-order valence-electron chi connectivity index (χ0n) is 30.1. The summed E-state index contributed by atoms with van der Waals surface area (Å²) in [5.74, 6) is 4.24. The molecule has 55 heavy (non-hydrogen) atoms. The number of allylic oxidation sites excluding steroid dienone is 11. The molecule has 0 saturated heterocycles. The fraction of sp³-hybridized carbons (Fsp3) is 0.273. The zero-order valence-corrected chi connectivity index (χ0v) is 30.1. The van der Waals surface area contributed by atoms with Crippen LogP contribution in [0.1, 0.15) is 145 Å². The van der Waals surface area contributed by atoms with Gasteiger partial charge in [0.25, 0.3) is 0 Å². The summed E-state index contributed by atoms with van der Waals surface area (Å²) >= 11 is 0. The lowest BCUT2D eigenvalue weighted by Crippen LogP contribution is -2.47. The highest BCUT2D eigenvalue weighted by atomic mass is 14.7. The van der Waals surface area contributed by atoms with Gasteiger partial charge in [-0.3, -0.25) is 0 Å². The van der Waals surface area contributed by atoms with E-state index in [0.29, 0.717) is 47.3 Å². The summed E-state index contributed by atoms with van der Waals surface area (Å²) in [5.41, 5.74) is 49.7. The molecule has 0 N–H and O–H groups in total. The van der Waals surface area contributed by atoms with E-state index in [2.05, 4.69) is 60.7 Å². The third-order valence-corrected chi connectivity index (χ3v) is 20.2. The molecule has 9 atom stereocenters. The van der Waals surface area contributed by atoms with Gasteiger partial charge >= 0.3 is 0 Å². The fourth-order valence-corrected chi connectivity index (χ4v) is 19.6. The van der Waals surface area contributed by atoms with Crippen LogP contribution in [0, 0.1) is 11.8 Å². The SMILES string of the molecule is C1=CC2C3=C4C5=C(CC3)C3C6CC(c7ccccc76)C36Cc3ccc7c8c3-c3c6c5c5c6c9c%10c(c-8c36)C3=C6C(=CCC37)Cc3cc1c1c(c3C6%10)C9C(=C12)C45. The van der Waals surface area contributed by atoms with Crippen LogP contribution in [-0.2, 0) is 18.3 Å². The van der Waals surface area contributed by atoms with Gasteiger partial charge in [-0.25, -0.2) is 0 Å². The minimum atomic E-state index is 0.170. The Labute approximate surface area is 317 Å². The third kappa shape index (κ3) is 1.78. The Hall–Kier alpha value is -5.20. The van der Waals surface area contributed by atoms with Gasteiger partial charge < -0.3 is 0 Å². The topological polar surface area (TPSA) is 0 Å². The minimum Gasteiger partial charge on any atom is -0.0797 e. The van der Waals surface area contributed by atoms with Gasteiger partial charge in [0.1, 0.15) is 0 Å². The van der Waals surface area contributed by atoms with E-state index in [0.717, 1.165) is 6.42 Å². The number of benzene rings is 5. The van der Waals surface area contributed by atoms with Crippen LogP contribution in [0.4, 0.5) is 0 Å². The molecule has 16 aliphatic rings. The molecule has 0 heterocycles. The predicted octanol–water partition coefficient (Wildman–Crippen LogP) is 11.9. The number of hydrogen-bond donors (Lipinski definition) is 0. The molecular weight excluding hydrogens is 661 g/mol. The van der Waals surface area contributed by atoms with E-state index in [1.807, 2.05) is 55.7 Å².